The molecule has 5 aromatic rings. The number of carbonyl (C=O) groups excluding carboxylic acids is 1. The second-order valence-electron chi connectivity index (χ2n) is 9.32. The van der Waals surface area contributed by atoms with E-state index in [9.17, 15) is 22.8 Å². The minimum absolute atomic E-state index is 0.103. The van der Waals surface area contributed by atoms with E-state index in [0.29, 0.717) is 27.7 Å². The number of fused-ring (bicyclic) bond motifs is 1. The third-order valence-corrected chi connectivity index (χ3v) is 6.58. The van der Waals surface area contributed by atoms with Gasteiger partial charge in [0.05, 0.1) is 29.3 Å². The molecular weight excluding hydrogens is 521 g/mol. The number of hydrogen-bond acceptors (Lipinski definition) is 4. The number of carboxylic acid groups (broad SMARTS) is 1. The maximum atomic E-state index is 13.7. The third kappa shape index (κ3) is 5.56. The van der Waals surface area contributed by atoms with Gasteiger partial charge in [-0.3, -0.25) is 4.79 Å². The molecule has 0 bridgehead atoms. The van der Waals surface area contributed by atoms with Gasteiger partial charge < -0.3 is 10.4 Å². The highest BCUT2D eigenvalue weighted by Gasteiger charge is 2.30. The fourth-order valence-electron chi connectivity index (χ4n) is 4.44. The predicted molar refractivity (Wildman–Crippen MR) is 143 cm³/mol. The molecule has 0 saturated carbocycles. The number of aromatic nitrogens is 3. The van der Waals surface area contributed by atoms with Crippen molar-refractivity contribution in [1.29, 1.82) is 0 Å². The summed E-state index contributed by atoms with van der Waals surface area (Å²) in [6, 6.07) is 23.5. The van der Waals surface area contributed by atoms with Crippen molar-refractivity contribution < 1.29 is 27.9 Å². The average Bonchev–Trinajstić information content (AvgIpc) is 3.35. The van der Waals surface area contributed by atoms with Gasteiger partial charge in [-0.15, -0.1) is 5.10 Å². The number of alkyl halides is 3. The van der Waals surface area contributed by atoms with Crippen molar-refractivity contribution in [2.45, 2.75) is 25.7 Å². The molecule has 0 aliphatic rings. The molecule has 0 aliphatic carbocycles. The van der Waals surface area contributed by atoms with Crippen LogP contribution in [0, 0.1) is 0 Å². The maximum absolute atomic E-state index is 13.7. The largest absolute Gasteiger partial charge is 0.478 e. The lowest BCUT2D eigenvalue weighted by Gasteiger charge is -2.16. The van der Waals surface area contributed by atoms with Gasteiger partial charge in [0.15, 0.2) is 0 Å². The molecular formula is C30H23F3N4O3. The number of carbonyl (C=O) groups is 2. The predicted octanol–water partition coefficient (Wildman–Crippen LogP) is 6.35. The summed E-state index contributed by atoms with van der Waals surface area (Å²) in [6.07, 6.45) is -4.44. The first-order valence-corrected chi connectivity index (χ1v) is 12.3. The van der Waals surface area contributed by atoms with Crippen LogP contribution in [0.5, 0.6) is 0 Å². The van der Waals surface area contributed by atoms with Crippen molar-refractivity contribution in [1.82, 2.24) is 20.3 Å². The lowest BCUT2D eigenvalue weighted by atomic mass is 10.00. The normalized spacial score (nSPS) is 12.3. The number of nitrogens with one attached hydrogen (secondary N) is 1. The minimum Gasteiger partial charge on any atom is -0.478 e. The van der Waals surface area contributed by atoms with Crippen LogP contribution in [-0.2, 0) is 12.7 Å². The molecule has 4 aromatic carbocycles. The molecule has 0 fully saturated rings. The highest BCUT2D eigenvalue weighted by atomic mass is 19.4. The summed E-state index contributed by atoms with van der Waals surface area (Å²) in [6.45, 7) is 1.88. The van der Waals surface area contributed by atoms with Crippen molar-refractivity contribution in [2.24, 2.45) is 0 Å². The zero-order valence-corrected chi connectivity index (χ0v) is 21.2. The molecule has 1 amide bonds. The Hall–Kier alpha value is -4.99. The first-order valence-electron chi connectivity index (χ1n) is 12.3. The van der Waals surface area contributed by atoms with Crippen LogP contribution in [0.15, 0.2) is 91.0 Å². The summed E-state index contributed by atoms with van der Waals surface area (Å²) in [4.78, 5) is 24.8. The second kappa shape index (κ2) is 10.6. The molecule has 7 nitrogen and oxygen atoms in total. The topological polar surface area (TPSA) is 97.1 Å². The fraction of sp³-hybridized carbons (Fsp3) is 0.133. The second-order valence-corrected chi connectivity index (χ2v) is 9.32. The summed E-state index contributed by atoms with van der Waals surface area (Å²) in [5.41, 5.74) is 3.46. The molecule has 1 atom stereocenters. The van der Waals surface area contributed by atoms with E-state index in [-0.39, 0.29) is 12.1 Å². The van der Waals surface area contributed by atoms with Crippen LogP contribution in [0.2, 0.25) is 0 Å². The third-order valence-electron chi connectivity index (χ3n) is 6.58. The smallest absolute Gasteiger partial charge is 0.416 e. The summed E-state index contributed by atoms with van der Waals surface area (Å²) in [7, 11) is 0. The van der Waals surface area contributed by atoms with E-state index in [0.717, 1.165) is 23.3 Å². The van der Waals surface area contributed by atoms with Gasteiger partial charge in [0.25, 0.3) is 5.91 Å². The van der Waals surface area contributed by atoms with Gasteiger partial charge in [-0.05, 0) is 65.6 Å². The average molecular weight is 545 g/mol. The van der Waals surface area contributed by atoms with Crippen molar-refractivity contribution in [3.05, 3.63) is 119 Å². The Morgan fingerprint density at radius 1 is 0.925 bits per heavy atom. The number of halogens is 3. The van der Waals surface area contributed by atoms with Crippen LogP contribution in [0.25, 0.3) is 22.2 Å². The molecule has 0 saturated heterocycles. The Balaban J connectivity index is 1.52. The number of carboxylic acids is 1. The van der Waals surface area contributed by atoms with Crippen molar-refractivity contribution in [2.75, 3.05) is 0 Å². The van der Waals surface area contributed by atoms with Gasteiger partial charge >= 0.3 is 12.1 Å². The zero-order chi connectivity index (χ0) is 28.4. The molecule has 0 unspecified atom stereocenters. The van der Waals surface area contributed by atoms with Gasteiger partial charge in [-0.25, -0.2) is 9.48 Å². The number of nitrogens with zero attached hydrogens (tertiary/aromatic N) is 3. The van der Waals surface area contributed by atoms with Crippen molar-refractivity contribution >= 4 is 22.9 Å². The Labute approximate surface area is 226 Å². The Bertz CT molecular complexity index is 1680. The molecule has 0 radical (unpaired) electrons. The number of benzene rings is 4. The summed E-state index contributed by atoms with van der Waals surface area (Å²) >= 11 is 0. The molecule has 40 heavy (non-hydrogen) atoms. The van der Waals surface area contributed by atoms with Gasteiger partial charge in [-0.1, -0.05) is 59.8 Å². The van der Waals surface area contributed by atoms with E-state index >= 15 is 0 Å². The van der Waals surface area contributed by atoms with E-state index in [1.165, 1.54) is 28.9 Å². The quantitative estimate of drug-likeness (QED) is 0.249. The minimum atomic E-state index is -4.44. The molecule has 1 heterocycles. The molecule has 1 aromatic heterocycles. The number of aromatic carboxylic acids is 1. The van der Waals surface area contributed by atoms with E-state index in [4.69, 9.17) is 5.11 Å². The zero-order valence-electron chi connectivity index (χ0n) is 21.2. The van der Waals surface area contributed by atoms with Crippen LogP contribution in [0.4, 0.5) is 13.2 Å². The lowest BCUT2D eigenvalue weighted by molar-refractivity contribution is -0.137. The molecule has 2 N–H and O–H groups in total. The highest BCUT2D eigenvalue weighted by Crippen LogP contribution is 2.30. The molecule has 0 spiro atoms. The van der Waals surface area contributed by atoms with Crippen molar-refractivity contribution in [3.63, 3.8) is 0 Å². The van der Waals surface area contributed by atoms with E-state index in [1.807, 2.05) is 36.4 Å². The molecule has 10 heteroatoms. The Kier molecular flexibility index (Phi) is 7.08. The van der Waals surface area contributed by atoms with Crippen LogP contribution < -0.4 is 5.32 Å². The van der Waals surface area contributed by atoms with Crippen LogP contribution in [0.3, 0.4) is 0 Å². The maximum Gasteiger partial charge on any atom is 0.416 e. The molecule has 0 aliphatic heterocycles. The van der Waals surface area contributed by atoms with Crippen molar-refractivity contribution in [3.8, 4) is 11.1 Å². The summed E-state index contributed by atoms with van der Waals surface area (Å²) in [5, 5.41) is 20.6. The number of amides is 1. The van der Waals surface area contributed by atoms with E-state index in [2.05, 4.69) is 15.6 Å². The van der Waals surface area contributed by atoms with Gasteiger partial charge in [0, 0.05) is 0 Å². The van der Waals surface area contributed by atoms with E-state index < -0.39 is 29.7 Å². The fourth-order valence-corrected chi connectivity index (χ4v) is 4.44. The summed E-state index contributed by atoms with van der Waals surface area (Å²) < 4.78 is 40.5. The van der Waals surface area contributed by atoms with Gasteiger partial charge in [-0.2, -0.15) is 13.2 Å². The SMILES string of the molecule is C[C@H](NC(=O)c1cc(-c2ccccc2)cc2nnn(Cc3ccc(C(F)(F)F)cc3)c12)c1ccc(C(=O)O)cc1. The standard InChI is InChI=1S/C30H23F3N4O3/c1-18(20-9-11-22(12-10-20)29(39)40)34-28(38)25-15-23(21-5-3-2-4-6-21)16-26-27(25)37(36-35-26)17-19-7-13-24(14-8-19)30(31,32)33/h2-16,18H,17H2,1H3,(H,34,38)(H,39,40)/t18-/m0/s1. The number of hydrogen-bond donors (Lipinski definition) is 2. The van der Waals surface area contributed by atoms with Crippen LogP contribution in [-0.4, -0.2) is 32.0 Å². The molecule has 5 rings (SSSR count). The van der Waals surface area contributed by atoms with E-state index in [1.54, 1.807) is 25.1 Å². The van der Waals surface area contributed by atoms with Gasteiger partial charge in [0.1, 0.15) is 11.0 Å². The van der Waals surface area contributed by atoms with Gasteiger partial charge in [0.2, 0.25) is 0 Å². The Morgan fingerprint density at radius 3 is 2.23 bits per heavy atom. The number of rotatable bonds is 7. The van der Waals surface area contributed by atoms with Crippen LogP contribution >= 0.6 is 0 Å². The molecule has 202 valence electrons. The monoisotopic (exact) mass is 544 g/mol. The first-order chi connectivity index (χ1) is 19.1. The van der Waals surface area contributed by atoms with Crippen LogP contribution in [0.1, 0.15) is 50.4 Å². The summed E-state index contributed by atoms with van der Waals surface area (Å²) in [5.74, 6) is -1.45. The first kappa shape index (κ1) is 26.6. The highest BCUT2D eigenvalue weighted by molar-refractivity contribution is 6.06. The lowest BCUT2D eigenvalue weighted by Crippen LogP contribution is -2.27. The Morgan fingerprint density at radius 2 is 1.60 bits per heavy atom.